The summed E-state index contributed by atoms with van der Waals surface area (Å²) in [5.41, 5.74) is 2.00. The molecular formula is C25H29N3O2. The number of nitrogens with zero attached hydrogens (tertiary/aromatic N) is 2. The Labute approximate surface area is 178 Å². The molecule has 5 nitrogen and oxygen atoms in total. The smallest absolute Gasteiger partial charge is 0.241 e. The van der Waals surface area contributed by atoms with Gasteiger partial charge in [-0.1, -0.05) is 48.5 Å². The van der Waals surface area contributed by atoms with E-state index in [-0.39, 0.29) is 11.9 Å². The van der Waals surface area contributed by atoms with Gasteiger partial charge in [-0.05, 0) is 37.4 Å². The van der Waals surface area contributed by atoms with Crippen LogP contribution in [-0.4, -0.2) is 49.6 Å². The molecule has 156 valence electrons. The zero-order valence-corrected chi connectivity index (χ0v) is 17.7. The quantitative estimate of drug-likeness (QED) is 0.663. The van der Waals surface area contributed by atoms with Gasteiger partial charge in [-0.25, -0.2) is 0 Å². The Morgan fingerprint density at radius 2 is 1.67 bits per heavy atom. The van der Waals surface area contributed by atoms with E-state index in [2.05, 4.69) is 33.3 Å². The van der Waals surface area contributed by atoms with Crippen LogP contribution < -0.4 is 15.0 Å². The fraction of sp³-hybridized carbons (Fsp3) is 0.320. The molecule has 1 amide bonds. The molecule has 0 radical (unpaired) electrons. The maximum absolute atomic E-state index is 13.0. The molecule has 4 rings (SSSR count). The van der Waals surface area contributed by atoms with Gasteiger partial charge in [-0.15, -0.1) is 0 Å². The molecule has 1 fully saturated rings. The van der Waals surface area contributed by atoms with Crippen LogP contribution in [0.4, 0.5) is 11.4 Å². The zero-order chi connectivity index (χ0) is 20.9. The fourth-order valence-corrected chi connectivity index (χ4v) is 4.08. The van der Waals surface area contributed by atoms with E-state index >= 15 is 0 Å². The van der Waals surface area contributed by atoms with Crippen LogP contribution in [0.5, 0.6) is 5.75 Å². The highest BCUT2D eigenvalue weighted by Gasteiger charge is 2.27. The lowest BCUT2D eigenvalue weighted by Gasteiger charge is -2.39. The molecule has 3 aromatic rings. The molecule has 0 saturated carbocycles. The average Bonchev–Trinajstić information content (AvgIpc) is 2.79. The zero-order valence-electron chi connectivity index (χ0n) is 17.7. The van der Waals surface area contributed by atoms with Gasteiger partial charge >= 0.3 is 0 Å². The Hall–Kier alpha value is -3.05. The Kier molecular flexibility index (Phi) is 6.19. The molecule has 30 heavy (non-hydrogen) atoms. The normalized spacial score (nSPS) is 15.7. The molecular weight excluding hydrogens is 374 g/mol. The van der Waals surface area contributed by atoms with Crippen LogP contribution in [0.1, 0.15) is 13.8 Å². The van der Waals surface area contributed by atoms with Gasteiger partial charge in [0.2, 0.25) is 5.91 Å². The molecule has 5 heteroatoms. The minimum Gasteiger partial charge on any atom is -0.492 e. The van der Waals surface area contributed by atoms with Gasteiger partial charge in [0.05, 0.1) is 18.3 Å². The summed E-state index contributed by atoms with van der Waals surface area (Å²) in [6.45, 7) is 8.07. The van der Waals surface area contributed by atoms with Crippen molar-refractivity contribution in [2.24, 2.45) is 0 Å². The molecule has 1 heterocycles. The van der Waals surface area contributed by atoms with Crippen LogP contribution in [0.3, 0.4) is 0 Å². The number of carbonyl (C=O) groups is 1. The maximum Gasteiger partial charge on any atom is 0.241 e. The number of carbonyl (C=O) groups excluding carboxylic acids is 1. The molecule has 1 unspecified atom stereocenters. The highest BCUT2D eigenvalue weighted by molar-refractivity contribution is 6.03. The highest BCUT2D eigenvalue weighted by atomic mass is 16.5. The van der Waals surface area contributed by atoms with Gasteiger partial charge in [0, 0.05) is 37.3 Å². The lowest BCUT2D eigenvalue weighted by Crippen LogP contribution is -2.52. The molecule has 1 atom stereocenters. The maximum atomic E-state index is 13.0. The van der Waals surface area contributed by atoms with Crippen molar-refractivity contribution in [1.82, 2.24) is 4.90 Å². The fourth-order valence-electron chi connectivity index (χ4n) is 4.08. The first-order chi connectivity index (χ1) is 14.7. The number of anilines is 2. The van der Waals surface area contributed by atoms with Crippen LogP contribution >= 0.6 is 0 Å². The molecule has 0 bridgehead atoms. The molecule has 0 aliphatic carbocycles. The third-order valence-corrected chi connectivity index (χ3v) is 5.79. The lowest BCUT2D eigenvalue weighted by molar-refractivity contribution is -0.120. The van der Waals surface area contributed by atoms with Gasteiger partial charge in [-0.2, -0.15) is 0 Å². The second kappa shape index (κ2) is 9.18. The standard InChI is InChI=1S/C25H29N3O2/c1-3-30-24-14-7-6-13-23(24)28-17-15-27(16-18-28)19(2)25(29)26-22-12-8-10-20-9-4-5-11-21(20)22/h4-14,19H,3,15-18H2,1-2H3,(H,26,29). The molecule has 3 aromatic carbocycles. The summed E-state index contributed by atoms with van der Waals surface area (Å²) in [4.78, 5) is 17.6. The Bertz CT molecular complexity index is 1010. The summed E-state index contributed by atoms with van der Waals surface area (Å²) >= 11 is 0. The minimum atomic E-state index is -0.187. The minimum absolute atomic E-state index is 0.0366. The number of para-hydroxylation sites is 2. The van der Waals surface area contributed by atoms with Gasteiger partial charge in [0.25, 0.3) is 0 Å². The monoisotopic (exact) mass is 403 g/mol. The second-order valence-corrected chi connectivity index (χ2v) is 7.62. The van der Waals surface area contributed by atoms with E-state index in [0.29, 0.717) is 6.61 Å². The van der Waals surface area contributed by atoms with Gasteiger partial charge in [0.15, 0.2) is 0 Å². The Balaban J connectivity index is 1.39. The van der Waals surface area contributed by atoms with Crippen LogP contribution in [0.25, 0.3) is 10.8 Å². The summed E-state index contributed by atoms with van der Waals surface area (Å²) in [6, 6.07) is 22.1. The summed E-state index contributed by atoms with van der Waals surface area (Å²) in [6.07, 6.45) is 0. The first-order valence-electron chi connectivity index (χ1n) is 10.7. The number of ether oxygens (including phenoxy) is 1. The highest BCUT2D eigenvalue weighted by Crippen LogP contribution is 2.29. The summed E-state index contributed by atoms with van der Waals surface area (Å²) in [5.74, 6) is 0.963. The summed E-state index contributed by atoms with van der Waals surface area (Å²) in [5, 5.41) is 5.33. The number of fused-ring (bicyclic) bond motifs is 1. The van der Waals surface area contributed by atoms with Gasteiger partial charge in [0.1, 0.15) is 5.75 Å². The van der Waals surface area contributed by atoms with E-state index in [0.717, 1.165) is 54.1 Å². The van der Waals surface area contributed by atoms with E-state index in [1.54, 1.807) is 0 Å². The Morgan fingerprint density at radius 1 is 0.967 bits per heavy atom. The SMILES string of the molecule is CCOc1ccccc1N1CCN(C(C)C(=O)Nc2cccc3ccccc23)CC1. The van der Waals surface area contributed by atoms with E-state index in [4.69, 9.17) is 4.74 Å². The largest absolute Gasteiger partial charge is 0.492 e. The molecule has 1 aliphatic heterocycles. The number of rotatable bonds is 6. The topological polar surface area (TPSA) is 44.8 Å². The number of hydrogen-bond acceptors (Lipinski definition) is 4. The third-order valence-electron chi connectivity index (χ3n) is 5.79. The molecule has 1 saturated heterocycles. The number of nitrogens with one attached hydrogen (secondary N) is 1. The number of hydrogen-bond donors (Lipinski definition) is 1. The Morgan fingerprint density at radius 3 is 2.47 bits per heavy atom. The molecule has 0 spiro atoms. The van der Waals surface area contributed by atoms with Crippen molar-refractivity contribution in [1.29, 1.82) is 0 Å². The first kappa shape index (κ1) is 20.2. The van der Waals surface area contributed by atoms with E-state index in [1.807, 2.05) is 62.4 Å². The number of benzene rings is 3. The second-order valence-electron chi connectivity index (χ2n) is 7.62. The van der Waals surface area contributed by atoms with Crippen LogP contribution in [0.15, 0.2) is 66.7 Å². The first-order valence-corrected chi connectivity index (χ1v) is 10.7. The lowest BCUT2D eigenvalue weighted by atomic mass is 10.1. The van der Waals surface area contributed by atoms with Crippen LogP contribution in [-0.2, 0) is 4.79 Å². The predicted octanol–water partition coefficient (Wildman–Crippen LogP) is 4.39. The summed E-state index contributed by atoms with van der Waals surface area (Å²) in [7, 11) is 0. The van der Waals surface area contributed by atoms with E-state index in [9.17, 15) is 4.79 Å². The average molecular weight is 404 g/mol. The van der Waals surface area contributed by atoms with Gasteiger partial charge < -0.3 is 15.0 Å². The molecule has 1 aliphatic rings. The van der Waals surface area contributed by atoms with Crippen molar-refractivity contribution in [2.75, 3.05) is 43.0 Å². The van der Waals surface area contributed by atoms with Crippen LogP contribution in [0.2, 0.25) is 0 Å². The van der Waals surface area contributed by atoms with Crippen LogP contribution in [0, 0.1) is 0 Å². The molecule has 0 aromatic heterocycles. The molecule has 1 N–H and O–H groups in total. The third kappa shape index (κ3) is 4.26. The summed E-state index contributed by atoms with van der Waals surface area (Å²) < 4.78 is 5.78. The van der Waals surface area contributed by atoms with Crippen molar-refractivity contribution >= 4 is 28.1 Å². The van der Waals surface area contributed by atoms with E-state index < -0.39 is 0 Å². The number of amides is 1. The van der Waals surface area contributed by atoms with Gasteiger partial charge in [-0.3, -0.25) is 9.69 Å². The van der Waals surface area contributed by atoms with Crippen molar-refractivity contribution < 1.29 is 9.53 Å². The predicted molar refractivity (Wildman–Crippen MR) is 123 cm³/mol. The van der Waals surface area contributed by atoms with Crippen molar-refractivity contribution in [3.05, 3.63) is 66.7 Å². The van der Waals surface area contributed by atoms with Crippen molar-refractivity contribution in [3.8, 4) is 5.75 Å². The van der Waals surface area contributed by atoms with Crippen molar-refractivity contribution in [3.63, 3.8) is 0 Å². The van der Waals surface area contributed by atoms with E-state index in [1.165, 1.54) is 0 Å². The van der Waals surface area contributed by atoms with Crippen molar-refractivity contribution in [2.45, 2.75) is 19.9 Å². The number of piperazine rings is 1.